The Morgan fingerprint density at radius 2 is 1.69 bits per heavy atom. The van der Waals surface area contributed by atoms with E-state index in [1.54, 1.807) is 29.8 Å². The third kappa shape index (κ3) is 6.49. The fourth-order valence-electron chi connectivity index (χ4n) is 3.63. The Hall–Kier alpha value is -4.63. The summed E-state index contributed by atoms with van der Waals surface area (Å²) in [6, 6.07) is 20.2. The maximum absolute atomic E-state index is 13.0. The van der Waals surface area contributed by atoms with Crippen molar-refractivity contribution in [1.29, 1.82) is 0 Å². The summed E-state index contributed by atoms with van der Waals surface area (Å²) < 4.78 is 10.6. The predicted octanol–water partition coefficient (Wildman–Crippen LogP) is 3.30. The van der Waals surface area contributed by atoms with Crippen LogP contribution in [0.3, 0.4) is 0 Å². The molecule has 3 aromatic rings. The molecule has 0 unspecified atom stereocenters. The Bertz CT molecular complexity index is 1260. The third-order valence-electron chi connectivity index (χ3n) is 5.54. The molecule has 1 aliphatic rings. The first-order valence-corrected chi connectivity index (χ1v) is 11.3. The number of hydrogen-bond acceptors (Lipinski definition) is 6. The maximum atomic E-state index is 13.0. The summed E-state index contributed by atoms with van der Waals surface area (Å²) in [6.45, 7) is 0.165. The zero-order valence-corrected chi connectivity index (χ0v) is 19.3. The van der Waals surface area contributed by atoms with E-state index >= 15 is 0 Å². The van der Waals surface area contributed by atoms with Gasteiger partial charge in [-0.15, -0.1) is 0 Å². The average molecular weight is 488 g/mol. The minimum atomic E-state index is -0.806. The van der Waals surface area contributed by atoms with Gasteiger partial charge in [0.25, 0.3) is 5.91 Å². The highest BCUT2D eigenvalue weighted by molar-refractivity contribution is 6.00. The second kappa shape index (κ2) is 11.7. The molecule has 36 heavy (non-hydrogen) atoms. The molecule has 0 saturated carbocycles. The summed E-state index contributed by atoms with van der Waals surface area (Å²) in [6.07, 6.45) is 3.96. The van der Waals surface area contributed by atoms with Crippen LogP contribution in [0.15, 0.2) is 78.9 Å². The van der Waals surface area contributed by atoms with E-state index in [0.29, 0.717) is 30.0 Å². The smallest absolute Gasteiger partial charge is 0.274 e. The Labute approximate surface area is 207 Å². The Kier molecular flexibility index (Phi) is 7.94. The molecule has 0 fully saturated rings. The molecule has 1 atom stereocenters. The fourth-order valence-corrected chi connectivity index (χ4v) is 3.63. The van der Waals surface area contributed by atoms with E-state index in [0.717, 1.165) is 11.1 Å². The summed E-state index contributed by atoms with van der Waals surface area (Å²) in [5.41, 5.74) is 4.04. The number of hydrogen-bond donors (Lipinski definition) is 4. The normalized spacial score (nSPS) is 12.7. The van der Waals surface area contributed by atoms with Gasteiger partial charge in [-0.2, -0.15) is 0 Å². The van der Waals surface area contributed by atoms with Crippen LogP contribution in [-0.2, 0) is 16.0 Å². The molecular formula is C27H25N3O6. The molecule has 0 bridgehead atoms. The van der Waals surface area contributed by atoms with Gasteiger partial charge in [-0.3, -0.25) is 19.6 Å². The second-order valence-corrected chi connectivity index (χ2v) is 8.04. The van der Waals surface area contributed by atoms with Crippen molar-refractivity contribution < 1.29 is 29.1 Å². The molecule has 1 aliphatic heterocycles. The van der Waals surface area contributed by atoms with Crippen molar-refractivity contribution in [2.45, 2.75) is 18.9 Å². The van der Waals surface area contributed by atoms with E-state index in [9.17, 15) is 14.4 Å². The van der Waals surface area contributed by atoms with Gasteiger partial charge >= 0.3 is 0 Å². The lowest BCUT2D eigenvalue weighted by molar-refractivity contribution is -0.123. The van der Waals surface area contributed by atoms with Gasteiger partial charge in [0, 0.05) is 17.3 Å². The number of hydroxylamine groups is 1. The number of carbonyl (C=O) groups excluding carboxylic acids is 3. The van der Waals surface area contributed by atoms with Gasteiger partial charge in [-0.1, -0.05) is 36.4 Å². The quantitative estimate of drug-likeness (QED) is 0.208. The van der Waals surface area contributed by atoms with Crippen LogP contribution >= 0.6 is 0 Å². The standard InChI is InChI=1S/C27H25N3O6/c31-25(15-8-19-7-14-23-24(16-19)36-17-35-23)29-22(13-6-18-4-2-1-3-5-18)27(33)28-21-11-9-20(10-12-21)26(32)30-34/h1-5,7-12,14-16,22,34H,6,13,17H2,(H,28,33)(H,29,31)(H,30,32)/b15-8+/t22-/m0/s1. The first-order valence-electron chi connectivity index (χ1n) is 11.3. The van der Waals surface area contributed by atoms with Gasteiger partial charge < -0.3 is 20.1 Å². The predicted molar refractivity (Wildman–Crippen MR) is 133 cm³/mol. The summed E-state index contributed by atoms with van der Waals surface area (Å²) in [7, 11) is 0. The number of aryl methyl sites for hydroxylation is 1. The first kappa shape index (κ1) is 24.5. The number of rotatable bonds is 9. The highest BCUT2D eigenvalue weighted by Gasteiger charge is 2.20. The van der Waals surface area contributed by atoms with Gasteiger partial charge in [-0.05, 0) is 66.4 Å². The van der Waals surface area contributed by atoms with Crippen LogP contribution < -0.4 is 25.6 Å². The third-order valence-corrected chi connectivity index (χ3v) is 5.54. The monoisotopic (exact) mass is 487 g/mol. The molecule has 3 amide bonds. The van der Waals surface area contributed by atoms with Crippen LogP contribution in [0.25, 0.3) is 6.08 Å². The lowest BCUT2D eigenvalue weighted by Gasteiger charge is -2.18. The molecule has 1 heterocycles. The molecular weight excluding hydrogens is 462 g/mol. The van der Waals surface area contributed by atoms with E-state index in [4.69, 9.17) is 14.7 Å². The van der Waals surface area contributed by atoms with Crippen LogP contribution in [0.5, 0.6) is 11.5 Å². The lowest BCUT2D eigenvalue weighted by Crippen LogP contribution is -2.43. The largest absolute Gasteiger partial charge is 0.454 e. The SMILES string of the molecule is O=C(/C=C/c1ccc2c(c1)OCO2)N[C@@H](CCc1ccccc1)C(=O)Nc1ccc(C(=O)NO)cc1. The molecule has 4 N–H and O–H groups in total. The minimum absolute atomic E-state index is 0.165. The highest BCUT2D eigenvalue weighted by atomic mass is 16.7. The number of ether oxygens (including phenoxy) is 2. The number of anilines is 1. The number of nitrogens with one attached hydrogen (secondary N) is 3. The van der Waals surface area contributed by atoms with Crippen LogP contribution in [0.1, 0.15) is 27.9 Å². The average Bonchev–Trinajstić information content (AvgIpc) is 3.38. The van der Waals surface area contributed by atoms with Gasteiger partial charge in [0.05, 0.1) is 0 Å². The van der Waals surface area contributed by atoms with Crippen LogP contribution in [-0.4, -0.2) is 35.8 Å². The summed E-state index contributed by atoms with van der Waals surface area (Å²) in [5, 5.41) is 14.3. The van der Waals surface area contributed by atoms with Crippen molar-refractivity contribution in [2.24, 2.45) is 0 Å². The van der Waals surface area contributed by atoms with Crippen molar-refractivity contribution in [2.75, 3.05) is 12.1 Å². The summed E-state index contributed by atoms with van der Waals surface area (Å²) >= 11 is 0. The molecule has 184 valence electrons. The molecule has 9 heteroatoms. The molecule has 0 spiro atoms. The molecule has 0 radical (unpaired) electrons. The maximum Gasteiger partial charge on any atom is 0.274 e. The topological polar surface area (TPSA) is 126 Å². The minimum Gasteiger partial charge on any atom is -0.454 e. The fraction of sp³-hybridized carbons (Fsp3) is 0.148. The van der Waals surface area contributed by atoms with Crippen molar-refractivity contribution >= 4 is 29.5 Å². The molecule has 9 nitrogen and oxygen atoms in total. The van der Waals surface area contributed by atoms with Crippen molar-refractivity contribution in [3.8, 4) is 11.5 Å². The number of amides is 3. The van der Waals surface area contributed by atoms with Crippen molar-refractivity contribution in [1.82, 2.24) is 10.8 Å². The zero-order chi connectivity index (χ0) is 25.3. The van der Waals surface area contributed by atoms with E-state index < -0.39 is 23.8 Å². The van der Waals surface area contributed by atoms with Crippen LogP contribution in [0.2, 0.25) is 0 Å². The summed E-state index contributed by atoms with van der Waals surface area (Å²) in [5.74, 6) is -0.208. The zero-order valence-electron chi connectivity index (χ0n) is 19.3. The molecule has 4 rings (SSSR count). The number of benzene rings is 3. The second-order valence-electron chi connectivity index (χ2n) is 8.04. The van der Waals surface area contributed by atoms with E-state index in [-0.39, 0.29) is 12.4 Å². The first-order chi connectivity index (χ1) is 17.5. The Morgan fingerprint density at radius 1 is 0.944 bits per heavy atom. The number of carbonyl (C=O) groups is 3. The van der Waals surface area contributed by atoms with Crippen molar-refractivity contribution in [3.05, 3.63) is 95.6 Å². The van der Waals surface area contributed by atoms with E-state index in [1.165, 1.54) is 30.3 Å². The highest BCUT2D eigenvalue weighted by Crippen LogP contribution is 2.32. The van der Waals surface area contributed by atoms with E-state index in [1.807, 2.05) is 30.3 Å². The molecule has 0 aliphatic carbocycles. The molecule has 0 saturated heterocycles. The van der Waals surface area contributed by atoms with Gasteiger partial charge in [0.15, 0.2) is 11.5 Å². The Morgan fingerprint density at radius 3 is 2.44 bits per heavy atom. The van der Waals surface area contributed by atoms with Gasteiger partial charge in [-0.25, -0.2) is 5.48 Å². The van der Waals surface area contributed by atoms with Gasteiger partial charge in [0.2, 0.25) is 18.6 Å². The van der Waals surface area contributed by atoms with E-state index in [2.05, 4.69) is 10.6 Å². The molecule has 3 aromatic carbocycles. The van der Waals surface area contributed by atoms with Crippen molar-refractivity contribution in [3.63, 3.8) is 0 Å². The number of fused-ring (bicyclic) bond motifs is 1. The van der Waals surface area contributed by atoms with Crippen LogP contribution in [0, 0.1) is 0 Å². The van der Waals surface area contributed by atoms with Crippen LogP contribution in [0.4, 0.5) is 5.69 Å². The summed E-state index contributed by atoms with van der Waals surface area (Å²) in [4.78, 5) is 37.2. The lowest BCUT2D eigenvalue weighted by atomic mass is 10.0. The molecule has 0 aromatic heterocycles. The Balaban J connectivity index is 1.42. The van der Waals surface area contributed by atoms with Gasteiger partial charge in [0.1, 0.15) is 6.04 Å².